The Morgan fingerprint density at radius 1 is 1.31 bits per heavy atom. The van der Waals surface area contributed by atoms with Crippen LogP contribution >= 0.6 is 11.6 Å². The standard InChI is InChI=1S/C11H16ClN/c1-8-3-4-10(7-9(8)2)11(13)5-6-12/h3-4,7,11H,5-6,13H2,1-2H3. The summed E-state index contributed by atoms with van der Waals surface area (Å²) in [6, 6.07) is 6.42. The molecule has 0 aliphatic heterocycles. The first-order valence-electron chi connectivity index (χ1n) is 4.54. The lowest BCUT2D eigenvalue weighted by molar-refractivity contribution is 0.702. The Labute approximate surface area is 84.9 Å². The fraction of sp³-hybridized carbons (Fsp3) is 0.455. The Balaban J connectivity index is 2.84. The second-order valence-corrected chi connectivity index (χ2v) is 3.81. The third-order valence-corrected chi connectivity index (χ3v) is 2.60. The van der Waals surface area contributed by atoms with Gasteiger partial charge in [0.05, 0.1) is 0 Å². The Kier molecular flexibility index (Phi) is 3.76. The van der Waals surface area contributed by atoms with E-state index in [9.17, 15) is 0 Å². The summed E-state index contributed by atoms with van der Waals surface area (Å²) in [6.07, 6.45) is 0.837. The molecular weight excluding hydrogens is 182 g/mol. The van der Waals surface area contributed by atoms with Crippen molar-refractivity contribution in [1.82, 2.24) is 0 Å². The van der Waals surface area contributed by atoms with E-state index in [0.29, 0.717) is 5.88 Å². The predicted molar refractivity (Wildman–Crippen MR) is 58.2 cm³/mol. The molecule has 0 aliphatic rings. The van der Waals surface area contributed by atoms with Gasteiger partial charge in [-0.3, -0.25) is 0 Å². The number of hydrogen-bond acceptors (Lipinski definition) is 1. The molecule has 72 valence electrons. The number of alkyl halides is 1. The van der Waals surface area contributed by atoms with Crippen LogP contribution in [-0.4, -0.2) is 5.88 Å². The van der Waals surface area contributed by atoms with Crippen molar-refractivity contribution in [3.8, 4) is 0 Å². The van der Waals surface area contributed by atoms with Gasteiger partial charge in [-0.1, -0.05) is 18.2 Å². The van der Waals surface area contributed by atoms with Crippen molar-refractivity contribution in [2.45, 2.75) is 26.3 Å². The zero-order valence-corrected chi connectivity index (χ0v) is 8.93. The largest absolute Gasteiger partial charge is 0.324 e. The predicted octanol–water partition coefficient (Wildman–Crippen LogP) is 2.93. The first-order chi connectivity index (χ1) is 6.15. The summed E-state index contributed by atoms with van der Waals surface area (Å²) in [6.45, 7) is 4.21. The van der Waals surface area contributed by atoms with Crippen LogP contribution in [0.1, 0.15) is 29.2 Å². The first kappa shape index (κ1) is 10.6. The minimum Gasteiger partial charge on any atom is -0.324 e. The van der Waals surface area contributed by atoms with E-state index in [1.165, 1.54) is 16.7 Å². The van der Waals surface area contributed by atoms with Crippen LogP contribution in [0.3, 0.4) is 0 Å². The van der Waals surface area contributed by atoms with Crippen LogP contribution in [0, 0.1) is 13.8 Å². The molecule has 0 amide bonds. The molecule has 0 saturated heterocycles. The molecule has 13 heavy (non-hydrogen) atoms. The van der Waals surface area contributed by atoms with E-state index in [0.717, 1.165) is 6.42 Å². The number of halogens is 1. The van der Waals surface area contributed by atoms with Gasteiger partial charge in [-0.2, -0.15) is 0 Å². The van der Waals surface area contributed by atoms with Crippen LogP contribution < -0.4 is 5.73 Å². The van der Waals surface area contributed by atoms with E-state index in [1.807, 2.05) is 0 Å². The van der Waals surface area contributed by atoms with E-state index >= 15 is 0 Å². The number of nitrogens with two attached hydrogens (primary N) is 1. The Morgan fingerprint density at radius 2 is 2.00 bits per heavy atom. The summed E-state index contributed by atoms with van der Waals surface area (Å²) >= 11 is 5.64. The van der Waals surface area contributed by atoms with Crippen molar-refractivity contribution >= 4 is 11.6 Å². The molecule has 1 unspecified atom stereocenters. The summed E-state index contributed by atoms with van der Waals surface area (Å²) in [4.78, 5) is 0. The molecule has 0 fully saturated rings. The maximum absolute atomic E-state index is 5.94. The Bertz CT molecular complexity index is 283. The third kappa shape index (κ3) is 2.71. The molecule has 1 atom stereocenters. The lowest BCUT2D eigenvalue weighted by Gasteiger charge is -2.11. The maximum Gasteiger partial charge on any atom is 0.0306 e. The molecule has 1 aromatic rings. The molecule has 0 aliphatic carbocycles. The normalized spacial score (nSPS) is 12.9. The summed E-state index contributed by atoms with van der Waals surface area (Å²) < 4.78 is 0. The molecule has 1 nitrogen and oxygen atoms in total. The molecule has 0 heterocycles. The second kappa shape index (κ2) is 4.64. The van der Waals surface area contributed by atoms with Crippen molar-refractivity contribution in [2.24, 2.45) is 5.73 Å². The zero-order chi connectivity index (χ0) is 9.84. The van der Waals surface area contributed by atoms with Crippen LogP contribution in [0.4, 0.5) is 0 Å². The lowest BCUT2D eigenvalue weighted by atomic mass is 10.0. The van der Waals surface area contributed by atoms with Gasteiger partial charge in [0, 0.05) is 11.9 Å². The quantitative estimate of drug-likeness (QED) is 0.741. The smallest absolute Gasteiger partial charge is 0.0306 e. The minimum atomic E-state index is 0.0804. The molecule has 0 aromatic heterocycles. The van der Waals surface area contributed by atoms with Crippen LogP contribution in [-0.2, 0) is 0 Å². The van der Waals surface area contributed by atoms with Gasteiger partial charge >= 0.3 is 0 Å². The van der Waals surface area contributed by atoms with Gasteiger partial charge < -0.3 is 5.73 Å². The fourth-order valence-corrected chi connectivity index (χ4v) is 1.51. The van der Waals surface area contributed by atoms with Crippen molar-refractivity contribution in [3.05, 3.63) is 34.9 Å². The minimum absolute atomic E-state index is 0.0804. The Morgan fingerprint density at radius 3 is 2.54 bits per heavy atom. The summed E-state index contributed by atoms with van der Waals surface area (Å²) in [5.41, 5.74) is 9.73. The van der Waals surface area contributed by atoms with Crippen molar-refractivity contribution < 1.29 is 0 Å². The maximum atomic E-state index is 5.94. The number of aryl methyl sites for hydroxylation is 2. The zero-order valence-electron chi connectivity index (χ0n) is 8.18. The van der Waals surface area contributed by atoms with E-state index < -0.39 is 0 Å². The van der Waals surface area contributed by atoms with Crippen LogP contribution in [0.2, 0.25) is 0 Å². The second-order valence-electron chi connectivity index (χ2n) is 3.43. The number of hydrogen-bond donors (Lipinski definition) is 1. The van der Waals surface area contributed by atoms with Crippen LogP contribution in [0.5, 0.6) is 0 Å². The topological polar surface area (TPSA) is 26.0 Å². The summed E-state index contributed by atoms with van der Waals surface area (Å²) in [5.74, 6) is 0.619. The van der Waals surface area contributed by atoms with Crippen LogP contribution in [0.25, 0.3) is 0 Å². The highest BCUT2D eigenvalue weighted by molar-refractivity contribution is 6.17. The van der Waals surface area contributed by atoms with Gasteiger partial charge in [0.2, 0.25) is 0 Å². The van der Waals surface area contributed by atoms with Crippen LogP contribution in [0.15, 0.2) is 18.2 Å². The molecule has 0 spiro atoms. The molecule has 1 rings (SSSR count). The molecular formula is C11H16ClN. The summed E-state index contributed by atoms with van der Waals surface area (Å²) in [7, 11) is 0. The van der Waals surface area contributed by atoms with E-state index in [1.54, 1.807) is 0 Å². The lowest BCUT2D eigenvalue weighted by Crippen LogP contribution is -2.10. The molecule has 2 N–H and O–H groups in total. The molecule has 2 heteroatoms. The SMILES string of the molecule is Cc1ccc(C(N)CCCl)cc1C. The fourth-order valence-electron chi connectivity index (χ4n) is 1.28. The van der Waals surface area contributed by atoms with Gasteiger partial charge in [0.25, 0.3) is 0 Å². The van der Waals surface area contributed by atoms with E-state index in [-0.39, 0.29) is 6.04 Å². The monoisotopic (exact) mass is 197 g/mol. The van der Waals surface area contributed by atoms with Gasteiger partial charge in [-0.15, -0.1) is 11.6 Å². The average molecular weight is 198 g/mol. The van der Waals surface area contributed by atoms with Gasteiger partial charge in [-0.25, -0.2) is 0 Å². The van der Waals surface area contributed by atoms with E-state index in [2.05, 4.69) is 32.0 Å². The summed E-state index contributed by atoms with van der Waals surface area (Å²) in [5, 5.41) is 0. The molecule has 0 radical (unpaired) electrons. The third-order valence-electron chi connectivity index (χ3n) is 2.38. The van der Waals surface area contributed by atoms with Crippen molar-refractivity contribution in [3.63, 3.8) is 0 Å². The first-order valence-corrected chi connectivity index (χ1v) is 5.07. The molecule has 0 bridgehead atoms. The van der Waals surface area contributed by atoms with E-state index in [4.69, 9.17) is 17.3 Å². The van der Waals surface area contributed by atoms with Crippen molar-refractivity contribution in [2.75, 3.05) is 5.88 Å². The highest BCUT2D eigenvalue weighted by Gasteiger charge is 2.05. The average Bonchev–Trinajstić information content (AvgIpc) is 2.10. The molecule has 1 aromatic carbocycles. The number of benzene rings is 1. The van der Waals surface area contributed by atoms with Gasteiger partial charge in [0.15, 0.2) is 0 Å². The highest BCUT2D eigenvalue weighted by Crippen LogP contribution is 2.17. The molecule has 0 saturated carbocycles. The Hall–Kier alpha value is -0.530. The highest BCUT2D eigenvalue weighted by atomic mass is 35.5. The van der Waals surface area contributed by atoms with Gasteiger partial charge in [-0.05, 0) is 37.0 Å². The number of rotatable bonds is 3. The van der Waals surface area contributed by atoms with Crippen molar-refractivity contribution in [1.29, 1.82) is 0 Å². The van der Waals surface area contributed by atoms with Gasteiger partial charge in [0.1, 0.15) is 0 Å².